The quantitative estimate of drug-likeness (QED) is 0.506. The van der Waals surface area contributed by atoms with E-state index in [9.17, 15) is 0 Å². The van der Waals surface area contributed by atoms with Crippen LogP contribution in [0.25, 0.3) is 22.6 Å². The number of nitrogens with zero attached hydrogens (tertiary/aromatic N) is 2. The summed E-state index contributed by atoms with van der Waals surface area (Å²) in [5, 5.41) is 11.9. The number of hydrogen-bond acceptors (Lipinski definition) is 4. The first-order valence-corrected chi connectivity index (χ1v) is 8.18. The fraction of sp³-hybridized carbons (Fsp3) is 0. The molecule has 0 saturated carbocycles. The van der Waals surface area contributed by atoms with Gasteiger partial charge in [-0.25, -0.2) is 0 Å². The first-order chi connectivity index (χ1) is 12.3. The predicted octanol–water partition coefficient (Wildman–Crippen LogP) is 5.80. The van der Waals surface area contributed by atoms with Gasteiger partial charge in [0.05, 0.1) is 0 Å². The first-order valence-electron chi connectivity index (χ1n) is 7.80. The van der Waals surface area contributed by atoms with E-state index in [1.807, 2.05) is 54.6 Å². The molecule has 0 aliphatic carbocycles. The van der Waals surface area contributed by atoms with Crippen molar-refractivity contribution in [1.29, 1.82) is 0 Å². The van der Waals surface area contributed by atoms with Crippen LogP contribution in [-0.2, 0) is 0 Å². The van der Waals surface area contributed by atoms with Crippen molar-refractivity contribution in [3.05, 3.63) is 83.9 Å². The number of aromatic nitrogens is 2. The van der Waals surface area contributed by atoms with Gasteiger partial charge in [0.1, 0.15) is 0 Å². The van der Waals surface area contributed by atoms with Crippen LogP contribution in [0.4, 0.5) is 11.7 Å². The SMILES string of the molecule is Clc1ccc(Nc2nnc(-c3ccc(-c4ccccc4)cc3)o2)cc1. The summed E-state index contributed by atoms with van der Waals surface area (Å²) in [5.74, 6) is 0.469. The van der Waals surface area contributed by atoms with Gasteiger partial charge in [-0.15, -0.1) is 5.10 Å². The van der Waals surface area contributed by atoms with Crippen LogP contribution in [0.1, 0.15) is 0 Å². The van der Waals surface area contributed by atoms with Crippen LogP contribution in [0.2, 0.25) is 5.02 Å². The van der Waals surface area contributed by atoms with E-state index in [0.29, 0.717) is 16.9 Å². The Kier molecular flexibility index (Phi) is 4.19. The van der Waals surface area contributed by atoms with Gasteiger partial charge in [-0.2, -0.15) is 0 Å². The van der Waals surface area contributed by atoms with E-state index in [1.54, 1.807) is 12.1 Å². The fourth-order valence-corrected chi connectivity index (χ4v) is 2.61. The van der Waals surface area contributed by atoms with Gasteiger partial charge in [0.2, 0.25) is 5.89 Å². The second-order valence-electron chi connectivity index (χ2n) is 5.49. The molecule has 0 aliphatic heterocycles. The van der Waals surface area contributed by atoms with Gasteiger partial charge in [-0.3, -0.25) is 0 Å². The molecule has 1 aromatic heterocycles. The highest BCUT2D eigenvalue weighted by molar-refractivity contribution is 6.30. The highest BCUT2D eigenvalue weighted by Gasteiger charge is 2.09. The molecule has 0 radical (unpaired) electrons. The number of hydrogen-bond donors (Lipinski definition) is 1. The third kappa shape index (κ3) is 3.54. The van der Waals surface area contributed by atoms with Crippen LogP contribution < -0.4 is 5.32 Å². The average molecular weight is 348 g/mol. The lowest BCUT2D eigenvalue weighted by Gasteiger charge is -2.02. The minimum absolute atomic E-state index is 0.337. The van der Waals surface area contributed by atoms with E-state index in [4.69, 9.17) is 16.0 Å². The summed E-state index contributed by atoms with van der Waals surface area (Å²) in [4.78, 5) is 0. The molecule has 0 amide bonds. The van der Waals surface area contributed by atoms with Crippen LogP contribution in [-0.4, -0.2) is 10.2 Å². The van der Waals surface area contributed by atoms with Crippen molar-refractivity contribution < 1.29 is 4.42 Å². The lowest BCUT2D eigenvalue weighted by atomic mass is 10.0. The lowest BCUT2D eigenvalue weighted by molar-refractivity contribution is 0.587. The largest absolute Gasteiger partial charge is 0.403 e. The standard InChI is InChI=1S/C20H14ClN3O/c21-17-10-12-18(13-11-17)22-20-24-23-19(25-20)16-8-6-15(7-9-16)14-4-2-1-3-5-14/h1-13H,(H,22,24). The lowest BCUT2D eigenvalue weighted by Crippen LogP contribution is -1.89. The number of anilines is 2. The van der Waals surface area contributed by atoms with Gasteiger partial charge in [-0.1, -0.05) is 59.2 Å². The molecular weight excluding hydrogens is 334 g/mol. The molecule has 5 heteroatoms. The van der Waals surface area contributed by atoms with Crippen molar-refractivity contribution >= 4 is 23.3 Å². The second-order valence-corrected chi connectivity index (χ2v) is 5.92. The Morgan fingerprint density at radius 1 is 0.680 bits per heavy atom. The summed E-state index contributed by atoms with van der Waals surface area (Å²) in [5.41, 5.74) is 4.02. The van der Waals surface area contributed by atoms with Crippen LogP contribution in [0.3, 0.4) is 0 Å². The molecule has 4 nitrogen and oxygen atoms in total. The van der Waals surface area contributed by atoms with Crippen molar-refractivity contribution in [1.82, 2.24) is 10.2 Å². The Bertz CT molecular complexity index is 964. The molecule has 25 heavy (non-hydrogen) atoms. The molecule has 0 atom stereocenters. The highest BCUT2D eigenvalue weighted by Crippen LogP contribution is 2.26. The monoisotopic (exact) mass is 347 g/mol. The van der Waals surface area contributed by atoms with Gasteiger partial charge in [0.25, 0.3) is 0 Å². The average Bonchev–Trinajstić information content (AvgIpc) is 3.13. The van der Waals surface area contributed by atoms with Gasteiger partial charge in [-0.05, 0) is 47.5 Å². The summed E-state index contributed by atoms with van der Waals surface area (Å²) in [7, 11) is 0. The minimum atomic E-state index is 0.337. The summed E-state index contributed by atoms with van der Waals surface area (Å²) in [6, 6.07) is 25.9. The number of benzene rings is 3. The summed E-state index contributed by atoms with van der Waals surface area (Å²) >= 11 is 5.88. The van der Waals surface area contributed by atoms with Crippen molar-refractivity contribution in [3.63, 3.8) is 0 Å². The first kappa shape index (κ1) is 15.4. The van der Waals surface area contributed by atoms with Crippen LogP contribution >= 0.6 is 11.6 Å². The van der Waals surface area contributed by atoms with Crippen molar-refractivity contribution in [3.8, 4) is 22.6 Å². The van der Waals surface area contributed by atoms with Gasteiger partial charge in [0.15, 0.2) is 0 Å². The zero-order valence-electron chi connectivity index (χ0n) is 13.2. The smallest absolute Gasteiger partial charge is 0.320 e. The number of nitrogens with one attached hydrogen (secondary N) is 1. The van der Waals surface area contributed by atoms with E-state index in [1.165, 1.54) is 5.56 Å². The Balaban J connectivity index is 1.52. The van der Waals surface area contributed by atoms with Gasteiger partial charge in [0, 0.05) is 16.3 Å². The Hall–Kier alpha value is -3.11. The molecule has 4 aromatic rings. The Morgan fingerprint density at radius 2 is 1.32 bits per heavy atom. The van der Waals surface area contributed by atoms with E-state index >= 15 is 0 Å². The molecule has 0 fully saturated rings. The predicted molar refractivity (Wildman–Crippen MR) is 99.9 cm³/mol. The molecular formula is C20H14ClN3O. The zero-order chi connectivity index (χ0) is 17.1. The molecule has 1 N–H and O–H groups in total. The third-order valence-electron chi connectivity index (χ3n) is 3.76. The molecule has 3 aromatic carbocycles. The topological polar surface area (TPSA) is 51.0 Å². The highest BCUT2D eigenvalue weighted by atomic mass is 35.5. The molecule has 0 saturated heterocycles. The number of rotatable bonds is 4. The molecule has 0 aliphatic rings. The van der Waals surface area contributed by atoms with Crippen molar-refractivity contribution in [2.24, 2.45) is 0 Å². The normalized spacial score (nSPS) is 10.6. The molecule has 0 bridgehead atoms. The van der Waals surface area contributed by atoms with E-state index < -0.39 is 0 Å². The fourth-order valence-electron chi connectivity index (χ4n) is 2.48. The maximum absolute atomic E-state index is 5.88. The maximum Gasteiger partial charge on any atom is 0.320 e. The second kappa shape index (κ2) is 6.79. The summed E-state index contributed by atoms with van der Waals surface area (Å²) < 4.78 is 5.68. The van der Waals surface area contributed by atoms with E-state index in [-0.39, 0.29) is 0 Å². The molecule has 122 valence electrons. The van der Waals surface area contributed by atoms with Gasteiger partial charge >= 0.3 is 6.01 Å². The van der Waals surface area contributed by atoms with Crippen LogP contribution in [0.15, 0.2) is 83.3 Å². The summed E-state index contributed by atoms with van der Waals surface area (Å²) in [6.45, 7) is 0. The Morgan fingerprint density at radius 3 is 2.04 bits per heavy atom. The van der Waals surface area contributed by atoms with Crippen molar-refractivity contribution in [2.45, 2.75) is 0 Å². The molecule has 4 rings (SSSR count). The third-order valence-corrected chi connectivity index (χ3v) is 4.01. The molecule has 1 heterocycles. The van der Waals surface area contributed by atoms with E-state index in [2.05, 4.69) is 27.6 Å². The van der Waals surface area contributed by atoms with Gasteiger partial charge < -0.3 is 9.73 Å². The Labute approximate surface area is 150 Å². The molecule has 0 unspecified atom stereocenters. The molecule has 0 spiro atoms. The van der Waals surface area contributed by atoms with Crippen molar-refractivity contribution in [2.75, 3.05) is 5.32 Å². The maximum atomic E-state index is 5.88. The zero-order valence-corrected chi connectivity index (χ0v) is 13.9. The minimum Gasteiger partial charge on any atom is -0.403 e. The van der Waals surface area contributed by atoms with E-state index in [0.717, 1.165) is 16.8 Å². The van der Waals surface area contributed by atoms with Crippen LogP contribution in [0.5, 0.6) is 0 Å². The number of halogens is 1. The van der Waals surface area contributed by atoms with Crippen LogP contribution in [0, 0.1) is 0 Å². The summed E-state index contributed by atoms with van der Waals surface area (Å²) in [6.07, 6.45) is 0.